The molecule has 0 fully saturated rings. The second-order valence-electron chi connectivity index (χ2n) is 4.67. The molecule has 0 saturated carbocycles. The van der Waals surface area contributed by atoms with Crippen LogP contribution in [0.2, 0.25) is 0 Å². The molecule has 0 aliphatic rings. The first-order chi connectivity index (χ1) is 9.11. The molecule has 0 aliphatic heterocycles. The van der Waals surface area contributed by atoms with Crippen LogP contribution in [0.5, 0.6) is 0 Å². The minimum absolute atomic E-state index is 0.0892. The third-order valence-corrected chi connectivity index (χ3v) is 3.62. The fourth-order valence-corrected chi connectivity index (χ4v) is 2.36. The molecule has 0 amide bonds. The van der Waals surface area contributed by atoms with Crippen molar-refractivity contribution in [3.63, 3.8) is 0 Å². The Labute approximate surface area is 117 Å². The molecule has 0 spiro atoms. The van der Waals surface area contributed by atoms with Gasteiger partial charge in [0.15, 0.2) is 0 Å². The van der Waals surface area contributed by atoms with Gasteiger partial charge in [0.1, 0.15) is 11.6 Å². The van der Waals surface area contributed by atoms with Crippen molar-refractivity contribution in [3.8, 4) is 0 Å². The largest absolute Gasteiger partial charge is 0.207 e. The lowest BCUT2D eigenvalue weighted by Crippen LogP contribution is -2.08. The van der Waals surface area contributed by atoms with Gasteiger partial charge in [-0.15, -0.1) is 11.6 Å². The van der Waals surface area contributed by atoms with E-state index in [0.29, 0.717) is 5.88 Å². The highest BCUT2D eigenvalue weighted by atomic mass is 35.5. The zero-order chi connectivity index (χ0) is 13.8. The highest BCUT2D eigenvalue weighted by Crippen LogP contribution is 2.25. The van der Waals surface area contributed by atoms with E-state index in [-0.39, 0.29) is 17.9 Å². The highest BCUT2D eigenvalue weighted by Gasteiger charge is 2.16. The lowest BCUT2D eigenvalue weighted by atomic mass is 9.92. The predicted octanol–water partition coefficient (Wildman–Crippen LogP) is 4.84. The van der Waals surface area contributed by atoms with Gasteiger partial charge in [-0.2, -0.15) is 0 Å². The molecule has 0 nitrogen and oxygen atoms in total. The van der Waals surface area contributed by atoms with Crippen LogP contribution in [0.1, 0.15) is 22.6 Å². The lowest BCUT2D eigenvalue weighted by molar-refractivity contribution is 0.544. The fourth-order valence-electron chi connectivity index (χ4n) is 2.07. The quantitative estimate of drug-likeness (QED) is 0.703. The zero-order valence-electron chi connectivity index (χ0n) is 10.7. The summed E-state index contributed by atoms with van der Waals surface area (Å²) in [6.45, 7) is 2.00. The van der Waals surface area contributed by atoms with Gasteiger partial charge in [0.2, 0.25) is 0 Å². The van der Waals surface area contributed by atoms with Gasteiger partial charge in [0.25, 0.3) is 0 Å². The molecule has 1 atom stereocenters. The summed E-state index contributed by atoms with van der Waals surface area (Å²) in [6.07, 6.45) is 0.269. The summed E-state index contributed by atoms with van der Waals surface area (Å²) in [5.41, 5.74) is 2.26. The molecule has 100 valence electrons. The standard InChI is InChI=1S/C16H15ClF2/c1-11-5-7-12(8-6-11)13(10-17)9-14-15(18)3-2-4-16(14)19/h2-8,13H,9-10H2,1H3. The normalized spacial score (nSPS) is 12.4. The Balaban J connectivity index is 2.26. The van der Waals surface area contributed by atoms with Gasteiger partial charge in [-0.25, -0.2) is 8.78 Å². The summed E-state index contributed by atoms with van der Waals surface area (Å²) >= 11 is 5.95. The molecule has 0 radical (unpaired) electrons. The summed E-state index contributed by atoms with van der Waals surface area (Å²) < 4.78 is 27.3. The summed E-state index contributed by atoms with van der Waals surface area (Å²) in [6, 6.07) is 11.8. The van der Waals surface area contributed by atoms with Crippen molar-refractivity contribution < 1.29 is 8.78 Å². The van der Waals surface area contributed by atoms with Crippen LogP contribution in [0.15, 0.2) is 42.5 Å². The molecule has 0 aromatic heterocycles. The molecule has 0 aliphatic carbocycles. The van der Waals surface area contributed by atoms with Crippen LogP contribution < -0.4 is 0 Å². The van der Waals surface area contributed by atoms with Crippen LogP contribution in [0.25, 0.3) is 0 Å². The van der Waals surface area contributed by atoms with E-state index in [2.05, 4.69) is 0 Å². The minimum atomic E-state index is -0.512. The monoisotopic (exact) mass is 280 g/mol. The van der Waals surface area contributed by atoms with Crippen LogP contribution >= 0.6 is 11.6 Å². The average Bonchev–Trinajstić information content (AvgIpc) is 2.40. The van der Waals surface area contributed by atoms with Gasteiger partial charge in [-0.1, -0.05) is 35.9 Å². The maximum absolute atomic E-state index is 13.6. The predicted molar refractivity (Wildman–Crippen MR) is 74.7 cm³/mol. The van der Waals surface area contributed by atoms with E-state index in [4.69, 9.17) is 11.6 Å². The van der Waals surface area contributed by atoms with Crippen molar-refractivity contribution in [1.82, 2.24) is 0 Å². The topological polar surface area (TPSA) is 0 Å². The molecular formula is C16H15ClF2. The number of benzene rings is 2. The van der Waals surface area contributed by atoms with Gasteiger partial charge in [0, 0.05) is 17.4 Å². The van der Waals surface area contributed by atoms with Crippen LogP contribution in [0.3, 0.4) is 0 Å². The second-order valence-corrected chi connectivity index (χ2v) is 4.97. The Morgan fingerprint density at radius 3 is 2.11 bits per heavy atom. The lowest BCUT2D eigenvalue weighted by Gasteiger charge is -2.15. The van der Waals surface area contributed by atoms with E-state index in [0.717, 1.165) is 11.1 Å². The molecule has 2 rings (SSSR count). The fraction of sp³-hybridized carbons (Fsp3) is 0.250. The first kappa shape index (κ1) is 14.0. The van der Waals surface area contributed by atoms with E-state index in [9.17, 15) is 8.78 Å². The molecule has 19 heavy (non-hydrogen) atoms. The Kier molecular flexibility index (Phi) is 4.54. The van der Waals surface area contributed by atoms with Crippen molar-refractivity contribution in [2.45, 2.75) is 19.3 Å². The number of aryl methyl sites for hydroxylation is 1. The van der Waals surface area contributed by atoms with Crippen molar-refractivity contribution >= 4 is 11.6 Å². The maximum Gasteiger partial charge on any atom is 0.129 e. The van der Waals surface area contributed by atoms with Crippen LogP contribution in [-0.2, 0) is 6.42 Å². The number of halogens is 3. The Bertz CT molecular complexity index is 529. The Morgan fingerprint density at radius 1 is 1.00 bits per heavy atom. The van der Waals surface area contributed by atoms with Crippen LogP contribution in [0.4, 0.5) is 8.78 Å². The smallest absolute Gasteiger partial charge is 0.129 e. The maximum atomic E-state index is 13.6. The van der Waals surface area contributed by atoms with Gasteiger partial charge in [0.05, 0.1) is 0 Å². The van der Waals surface area contributed by atoms with E-state index < -0.39 is 11.6 Å². The number of alkyl halides is 1. The average molecular weight is 281 g/mol. The Morgan fingerprint density at radius 2 is 1.58 bits per heavy atom. The molecule has 0 heterocycles. The van der Waals surface area contributed by atoms with E-state index >= 15 is 0 Å². The SMILES string of the molecule is Cc1ccc(C(CCl)Cc2c(F)cccc2F)cc1. The summed E-state index contributed by atoms with van der Waals surface area (Å²) in [5.74, 6) is -0.783. The molecule has 0 bridgehead atoms. The molecule has 3 heteroatoms. The summed E-state index contributed by atoms with van der Waals surface area (Å²) in [4.78, 5) is 0. The number of hydrogen-bond donors (Lipinski definition) is 0. The van der Waals surface area contributed by atoms with Gasteiger partial charge in [-0.3, -0.25) is 0 Å². The third-order valence-electron chi connectivity index (χ3n) is 3.25. The van der Waals surface area contributed by atoms with Gasteiger partial charge < -0.3 is 0 Å². The first-order valence-electron chi connectivity index (χ1n) is 6.17. The zero-order valence-corrected chi connectivity index (χ0v) is 11.4. The van der Waals surface area contributed by atoms with Crippen LogP contribution in [-0.4, -0.2) is 5.88 Å². The minimum Gasteiger partial charge on any atom is -0.207 e. The van der Waals surface area contributed by atoms with Crippen molar-refractivity contribution in [1.29, 1.82) is 0 Å². The number of rotatable bonds is 4. The summed E-state index contributed by atoms with van der Waals surface area (Å²) in [7, 11) is 0. The molecular weight excluding hydrogens is 266 g/mol. The van der Waals surface area contributed by atoms with Crippen molar-refractivity contribution in [2.75, 3.05) is 5.88 Å². The third kappa shape index (κ3) is 3.32. The molecule has 0 N–H and O–H groups in total. The van der Waals surface area contributed by atoms with E-state index in [1.807, 2.05) is 31.2 Å². The van der Waals surface area contributed by atoms with Crippen molar-refractivity contribution in [2.24, 2.45) is 0 Å². The second kappa shape index (κ2) is 6.16. The van der Waals surface area contributed by atoms with Gasteiger partial charge >= 0.3 is 0 Å². The highest BCUT2D eigenvalue weighted by molar-refractivity contribution is 6.18. The number of hydrogen-bond acceptors (Lipinski definition) is 0. The Hall–Kier alpha value is -1.41. The van der Waals surface area contributed by atoms with E-state index in [1.165, 1.54) is 18.2 Å². The molecule has 2 aromatic carbocycles. The van der Waals surface area contributed by atoms with E-state index in [1.54, 1.807) is 0 Å². The first-order valence-corrected chi connectivity index (χ1v) is 6.70. The molecule has 1 unspecified atom stereocenters. The molecule has 0 saturated heterocycles. The van der Waals surface area contributed by atoms with Crippen molar-refractivity contribution in [3.05, 3.63) is 70.8 Å². The molecule has 2 aromatic rings. The van der Waals surface area contributed by atoms with Gasteiger partial charge in [-0.05, 0) is 31.0 Å². The summed E-state index contributed by atoms with van der Waals surface area (Å²) in [5, 5.41) is 0. The van der Waals surface area contributed by atoms with Crippen LogP contribution in [0, 0.1) is 18.6 Å².